The van der Waals surface area contributed by atoms with Crippen molar-refractivity contribution in [3.8, 4) is 0 Å². The van der Waals surface area contributed by atoms with Crippen molar-refractivity contribution in [3.63, 3.8) is 0 Å². The Labute approximate surface area is 171 Å². The van der Waals surface area contributed by atoms with Crippen LogP contribution in [0.15, 0.2) is 30.3 Å². The molecule has 2 atom stereocenters. The average Bonchev–Trinajstić information content (AvgIpc) is 2.75. The predicted octanol–water partition coefficient (Wildman–Crippen LogP) is 3.34. The van der Waals surface area contributed by atoms with Crippen LogP contribution in [0.1, 0.15) is 63.9 Å². The Morgan fingerprint density at radius 3 is 2.43 bits per heavy atom. The van der Waals surface area contributed by atoms with Crippen LogP contribution < -0.4 is 4.90 Å². The third-order valence-electron chi connectivity index (χ3n) is 7.79. The highest BCUT2D eigenvalue weighted by molar-refractivity contribution is 5.79. The van der Waals surface area contributed by atoms with Gasteiger partial charge in [0.15, 0.2) is 0 Å². The molecule has 28 heavy (non-hydrogen) atoms. The summed E-state index contributed by atoms with van der Waals surface area (Å²) in [5, 5.41) is 0. The number of quaternary nitrogens is 1. The second-order valence-electron chi connectivity index (χ2n) is 9.87. The highest BCUT2D eigenvalue weighted by atomic mass is 16.2. The van der Waals surface area contributed by atoms with E-state index in [-0.39, 0.29) is 5.92 Å². The van der Waals surface area contributed by atoms with Crippen LogP contribution in [0.5, 0.6) is 0 Å². The Hall–Kier alpha value is -1.35. The number of benzene rings is 1. The summed E-state index contributed by atoms with van der Waals surface area (Å²) in [4.78, 5) is 17.2. The summed E-state index contributed by atoms with van der Waals surface area (Å²) < 4.78 is 0. The van der Waals surface area contributed by atoms with Gasteiger partial charge in [0.05, 0.1) is 25.0 Å². The van der Waals surface area contributed by atoms with E-state index >= 15 is 0 Å². The lowest BCUT2D eigenvalue weighted by atomic mass is 9.84. The van der Waals surface area contributed by atoms with Crippen molar-refractivity contribution < 1.29 is 9.69 Å². The summed E-state index contributed by atoms with van der Waals surface area (Å²) >= 11 is 0. The van der Waals surface area contributed by atoms with Crippen molar-refractivity contribution in [2.45, 2.75) is 70.8 Å². The second kappa shape index (κ2) is 9.43. The van der Waals surface area contributed by atoms with Gasteiger partial charge in [-0.05, 0) is 75.2 Å². The molecule has 0 spiro atoms. The molecule has 3 nitrogen and oxygen atoms in total. The third kappa shape index (κ3) is 4.97. The number of likely N-dealkylation sites (tertiary alicyclic amines) is 2. The van der Waals surface area contributed by atoms with Gasteiger partial charge in [0, 0.05) is 13.1 Å². The number of nitrogens with zero attached hydrogens (tertiary/aromatic N) is 1. The molecule has 3 aliphatic rings. The maximum Gasteiger partial charge on any atom is 0.231 e. The highest BCUT2D eigenvalue weighted by Crippen LogP contribution is 2.25. The van der Waals surface area contributed by atoms with Gasteiger partial charge in [-0.1, -0.05) is 37.3 Å². The molecule has 1 saturated carbocycles. The first-order valence-electron chi connectivity index (χ1n) is 11.9. The van der Waals surface area contributed by atoms with E-state index in [2.05, 4.69) is 42.2 Å². The fourth-order valence-electron chi connectivity index (χ4n) is 5.91. The Balaban J connectivity index is 1.25. The summed E-state index contributed by atoms with van der Waals surface area (Å²) in [7, 11) is 0. The molecule has 1 aromatic carbocycles. The number of hydrogen-bond donors (Lipinski definition) is 1. The number of carbonyl (C=O) groups is 1. The maximum atomic E-state index is 13.2. The van der Waals surface area contributed by atoms with Crippen LogP contribution >= 0.6 is 0 Å². The van der Waals surface area contributed by atoms with Crippen LogP contribution in [0.2, 0.25) is 0 Å². The van der Waals surface area contributed by atoms with E-state index in [4.69, 9.17) is 0 Å². The van der Waals surface area contributed by atoms with Crippen molar-refractivity contribution in [3.05, 3.63) is 35.9 Å². The average molecular weight is 384 g/mol. The van der Waals surface area contributed by atoms with Gasteiger partial charge in [-0.25, -0.2) is 0 Å². The molecule has 154 valence electrons. The van der Waals surface area contributed by atoms with E-state index < -0.39 is 0 Å². The van der Waals surface area contributed by atoms with Gasteiger partial charge in [0.25, 0.3) is 0 Å². The minimum absolute atomic E-state index is 0.286. The van der Waals surface area contributed by atoms with Crippen LogP contribution in [0.4, 0.5) is 0 Å². The van der Waals surface area contributed by atoms with Gasteiger partial charge in [0.2, 0.25) is 5.91 Å². The lowest BCUT2D eigenvalue weighted by molar-refractivity contribution is -0.934. The predicted molar refractivity (Wildman–Crippen MR) is 114 cm³/mol. The fourth-order valence-corrected chi connectivity index (χ4v) is 5.91. The maximum absolute atomic E-state index is 13.2. The molecule has 1 aromatic rings. The molecule has 2 heterocycles. The first kappa shape index (κ1) is 19.9. The Bertz CT molecular complexity index is 615. The molecule has 0 aromatic heterocycles. The minimum Gasteiger partial charge on any atom is -0.342 e. The fraction of sp³-hybridized carbons (Fsp3) is 0.720. The van der Waals surface area contributed by atoms with Gasteiger partial charge >= 0.3 is 0 Å². The zero-order valence-corrected chi connectivity index (χ0v) is 17.7. The van der Waals surface area contributed by atoms with Gasteiger partial charge in [-0.3, -0.25) is 4.79 Å². The van der Waals surface area contributed by atoms with Gasteiger partial charge in [0.1, 0.15) is 0 Å². The zero-order valence-electron chi connectivity index (χ0n) is 17.7. The number of hydrogen-bond acceptors (Lipinski definition) is 1. The van der Waals surface area contributed by atoms with Gasteiger partial charge in [-0.15, -0.1) is 0 Å². The van der Waals surface area contributed by atoms with Crippen molar-refractivity contribution >= 4 is 5.91 Å². The smallest absolute Gasteiger partial charge is 0.231 e. The molecule has 2 aliphatic heterocycles. The molecule has 1 unspecified atom stereocenters. The van der Waals surface area contributed by atoms with Crippen molar-refractivity contribution in [2.75, 3.05) is 26.2 Å². The normalized spacial score (nSPS) is 32.2. The molecule has 3 fully saturated rings. The molecular formula is C25H39N2O+. The van der Waals surface area contributed by atoms with Crippen molar-refractivity contribution in [1.82, 2.24) is 4.90 Å². The van der Waals surface area contributed by atoms with E-state index in [9.17, 15) is 4.79 Å². The SMILES string of the molecule is CC1CCC([NH+]2CCC[C@@H](C(=O)N3CCC(Cc4ccccc4)CC3)C2)CC1. The Kier molecular flexibility index (Phi) is 6.72. The highest BCUT2D eigenvalue weighted by Gasteiger charge is 2.37. The molecule has 1 N–H and O–H groups in total. The minimum atomic E-state index is 0.286. The number of rotatable bonds is 4. The summed E-state index contributed by atoms with van der Waals surface area (Å²) in [6.07, 6.45) is 11.4. The van der Waals surface area contributed by atoms with Gasteiger partial charge < -0.3 is 9.80 Å². The lowest BCUT2D eigenvalue weighted by Crippen LogP contribution is -3.17. The molecular weight excluding hydrogens is 344 g/mol. The van der Waals surface area contributed by atoms with E-state index in [1.54, 1.807) is 4.90 Å². The molecule has 0 bridgehead atoms. The van der Waals surface area contributed by atoms with Crippen molar-refractivity contribution in [2.24, 2.45) is 17.8 Å². The van der Waals surface area contributed by atoms with E-state index in [0.29, 0.717) is 5.91 Å². The quantitative estimate of drug-likeness (QED) is 0.847. The van der Waals surface area contributed by atoms with Crippen LogP contribution in [0, 0.1) is 17.8 Å². The van der Waals surface area contributed by atoms with Crippen molar-refractivity contribution in [1.29, 1.82) is 0 Å². The van der Waals surface area contributed by atoms with Gasteiger partial charge in [-0.2, -0.15) is 0 Å². The molecule has 1 aliphatic carbocycles. The second-order valence-corrected chi connectivity index (χ2v) is 9.87. The Morgan fingerprint density at radius 1 is 1.00 bits per heavy atom. The Morgan fingerprint density at radius 2 is 1.71 bits per heavy atom. The standard InChI is InChI=1S/C25H38N2O/c1-20-9-11-24(12-10-20)27-15-5-8-23(19-27)25(28)26-16-13-22(14-17-26)18-21-6-3-2-4-7-21/h2-4,6-7,20,22-24H,5,8-19H2,1H3/p+1/t20?,23-,24?/m1/s1. The summed E-state index contributed by atoms with van der Waals surface area (Å²) in [5.41, 5.74) is 1.44. The molecule has 4 rings (SSSR count). The van der Waals surface area contributed by atoms with E-state index in [1.807, 2.05) is 0 Å². The first-order valence-corrected chi connectivity index (χ1v) is 11.9. The number of carbonyl (C=O) groups excluding carboxylic acids is 1. The zero-order chi connectivity index (χ0) is 19.3. The number of nitrogens with one attached hydrogen (secondary N) is 1. The molecule has 2 saturated heterocycles. The molecule has 3 heteroatoms. The topological polar surface area (TPSA) is 24.8 Å². The number of piperidine rings is 2. The summed E-state index contributed by atoms with van der Waals surface area (Å²) in [6, 6.07) is 11.7. The van der Waals surface area contributed by atoms with Crippen LogP contribution in [0.25, 0.3) is 0 Å². The van der Waals surface area contributed by atoms with E-state index in [0.717, 1.165) is 43.9 Å². The van der Waals surface area contributed by atoms with Crippen LogP contribution in [0.3, 0.4) is 0 Å². The third-order valence-corrected chi connectivity index (χ3v) is 7.79. The summed E-state index contributed by atoms with van der Waals surface area (Å²) in [6.45, 7) is 6.74. The molecule has 1 amide bonds. The lowest BCUT2D eigenvalue weighted by Gasteiger charge is -2.40. The van der Waals surface area contributed by atoms with Crippen LogP contribution in [-0.2, 0) is 11.2 Å². The molecule has 0 radical (unpaired) electrons. The number of amides is 1. The van der Waals surface area contributed by atoms with Crippen LogP contribution in [-0.4, -0.2) is 43.0 Å². The first-order chi connectivity index (χ1) is 13.7. The van der Waals surface area contributed by atoms with E-state index in [1.165, 1.54) is 63.5 Å². The largest absolute Gasteiger partial charge is 0.342 e. The summed E-state index contributed by atoms with van der Waals surface area (Å²) in [5.74, 6) is 2.41. The monoisotopic (exact) mass is 383 g/mol.